The van der Waals surface area contributed by atoms with Gasteiger partial charge in [0.25, 0.3) is 0 Å². The normalized spacial score (nSPS) is 10.7. The lowest BCUT2D eigenvalue weighted by atomic mass is 10.2. The molecule has 0 atom stereocenters. The van der Waals surface area contributed by atoms with Crippen molar-refractivity contribution in [2.24, 2.45) is 0 Å². The molecule has 0 spiro atoms. The molecule has 2 rings (SSSR count). The Bertz CT molecular complexity index is 567. The van der Waals surface area contributed by atoms with Gasteiger partial charge in [0, 0.05) is 11.6 Å². The molecule has 0 saturated heterocycles. The number of para-hydroxylation sites is 1. The minimum atomic E-state index is -4.68. The first-order valence-corrected chi connectivity index (χ1v) is 6.17. The third-order valence-electron chi connectivity index (χ3n) is 2.05. The molecule has 19 heavy (non-hydrogen) atoms. The summed E-state index contributed by atoms with van der Waals surface area (Å²) < 4.78 is 33.2. The van der Waals surface area contributed by atoms with Gasteiger partial charge in [-0.25, -0.2) is 0 Å². The molecule has 0 saturated carbocycles. The van der Waals surface area contributed by atoms with Crippen LogP contribution in [0.3, 0.4) is 0 Å². The standard InChI is InChI=1S/C9H7NO.C3H2BrF3O/c11-8-5-1-3-7-4-2-6-10-9(7)8;4-1-2(8)3(5,6)7/h1-6,11H;1H2. The number of fused-ring (bicyclic) bond motifs is 1. The molecular formula is C12H9BrF3NO2. The fraction of sp³-hybridized carbons (Fsp3) is 0.167. The lowest BCUT2D eigenvalue weighted by Gasteiger charge is -1.98. The number of phenolic OH excluding ortho intramolecular Hbond substituents is 1. The van der Waals surface area contributed by atoms with Gasteiger partial charge < -0.3 is 5.11 Å². The van der Waals surface area contributed by atoms with E-state index < -0.39 is 17.3 Å². The van der Waals surface area contributed by atoms with Crippen molar-refractivity contribution in [2.45, 2.75) is 6.18 Å². The number of aromatic hydroxyl groups is 1. The Kier molecular flexibility index (Phi) is 5.29. The summed E-state index contributed by atoms with van der Waals surface area (Å²) in [5.74, 6) is -1.51. The molecule has 1 N–H and O–H groups in total. The van der Waals surface area contributed by atoms with Crippen LogP contribution in [0.1, 0.15) is 0 Å². The summed E-state index contributed by atoms with van der Waals surface area (Å²) in [6, 6.07) is 9.13. The molecule has 0 aliphatic rings. The van der Waals surface area contributed by atoms with Gasteiger partial charge in [0.05, 0.1) is 5.33 Å². The van der Waals surface area contributed by atoms with Crippen LogP contribution in [0.5, 0.6) is 5.75 Å². The number of hydrogen-bond donors (Lipinski definition) is 1. The first-order valence-electron chi connectivity index (χ1n) is 5.05. The quantitative estimate of drug-likeness (QED) is 0.812. The molecule has 3 nitrogen and oxygen atoms in total. The van der Waals surface area contributed by atoms with E-state index in [1.54, 1.807) is 18.3 Å². The van der Waals surface area contributed by atoms with Crippen molar-refractivity contribution in [2.75, 3.05) is 5.33 Å². The maximum atomic E-state index is 11.1. The molecule has 102 valence electrons. The summed E-state index contributed by atoms with van der Waals surface area (Å²) in [6.07, 6.45) is -3.01. The van der Waals surface area contributed by atoms with Gasteiger partial charge in [-0.2, -0.15) is 13.2 Å². The van der Waals surface area contributed by atoms with Crippen LogP contribution < -0.4 is 0 Å². The second-order valence-corrected chi connectivity index (χ2v) is 3.97. The van der Waals surface area contributed by atoms with Crippen LogP contribution in [0, 0.1) is 0 Å². The Morgan fingerprint density at radius 3 is 2.37 bits per heavy atom. The molecule has 1 heterocycles. The van der Waals surface area contributed by atoms with Crippen LogP contribution in [-0.4, -0.2) is 27.4 Å². The Hall–Kier alpha value is -1.63. The summed E-state index contributed by atoms with van der Waals surface area (Å²) in [5.41, 5.74) is 0.662. The number of carbonyl (C=O) groups excluding carboxylic acids is 1. The van der Waals surface area contributed by atoms with E-state index in [1.807, 2.05) is 18.2 Å². The zero-order valence-electron chi connectivity index (χ0n) is 9.49. The largest absolute Gasteiger partial charge is 0.506 e. The molecule has 0 radical (unpaired) electrons. The van der Waals surface area contributed by atoms with Crippen LogP contribution in [0.25, 0.3) is 10.9 Å². The minimum absolute atomic E-state index is 0.239. The second kappa shape index (κ2) is 6.51. The Morgan fingerprint density at radius 1 is 1.26 bits per heavy atom. The Morgan fingerprint density at radius 2 is 1.89 bits per heavy atom. The SMILES string of the molecule is O=C(CBr)C(F)(F)F.Oc1cccc2cccnc12. The molecule has 0 fully saturated rings. The van der Waals surface area contributed by atoms with Crippen LogP contribution in [0.4, 0.5) is 13.2 Å². The van der Waals surface area contributed by atoms with Gasteiger partial charge in [-0.15, -0.1) is 0 Å². The highest BCUT2D eigenvalue weighted by Crippen LogP contribution is 2.20. The molecule has 0 aliphatic carbocycles. The maximum absolute atomic E-state index is 11.1. The van der Waals surface area contributed by atoms with Gasteiger partial charge in [0.15, 0.2) is 0 Å². The number of alkyl halides is 4. The third kappa shape index (κ3) is 4.51. The number of Topliss-reactive ketones (excluding diaryl/α,β-unsaturated/α-hetero) is 1. The number of halogens is 4. The minimum Gasteiger partial charge on any atom is -0.506 e. The number of nitrogens with zero attached hydrogens (tertiary/aromatic N) is 1. The van der Waals surface area contributed by atoms with Gasteiger partial charge in [-0.1, -0.05) is 34.1 Å². The van der Waals surface area contributed by atoms with E-state index in [1.165, 1.54) is 0 Å². The number of aromatic nitrogens is 1. The van der Waals surface area contributed by atoms with Crippen molar-refractivity contribution >= 4 is 32.6 Å². The number of rotatable bonds is 1. The summed E-state index contributed by atoms with van der Waals surface area (Å²) in [4.78, 5) is 13.7. The maximum Gasteiger partial charge on any atom is 0.450 e. The summed E-state index contributed by atoms with van der Waals surface area (Å²) in [6.45, 7) is 0. The Balaban J connectivity index is 0.000000203. The monoisotopic (exact) mass is 335 g/mol. The number of ketones is 1. The second-order valence-electron chi connectivity index (χ2n) is 3.41. The number of phenols is 1. The summed E-state index contributed by atoms with van der Waals surface area (Å²) in [5, 5.41) is 9.62. The average molecular weight is 336 g/mol. The zero-order chi connectivity index (χ0) is 14.5. The fourth-order valence-corrected chi connectivity index (χ4v) is 1.48. The Labute approximate surface area is 115 Å². The van der Waals surface area contributed by atoms with Crippen LogP contribution >= 0.6 is 15.9 Å². The van der Waals surface area contributed by atoms with E-state index in [4.69, 9.17) is 0 Å². The molecular weight excluding hydrogens is 327 g/mol. The van der Waals surface area contributed by atoms with Gasteiger partial charge >= 0.3 is 6.18 Å². The van der Waals surface area contributed by atoms with Crippen molar-refractivity contribution in [3.63, 3.8) is 0 Å². The molecule has 0 amide bonds. The van der Waals surface area contributed by atoms with Crippen LogP contribution in [-0.2, 0) is 4.79 Å². The number of pyridine rings is 1. The van der Waals surface area contributed by atoms with Crippen molar-refractivity contribution in [3.8, 4) is 5.75 Å². The van der Waals surface area contributed by atoms with E-state index in [9.17, 15) is 23.1 Å². The molecule has 0 bridgehead atoms. The predicted octanol–water partition coefficient (Wildman–Crippen LogP) is 3.45. The van der Waals surface area contributed by atoms with E-state index in [2.05, 4.69) is 20.9 Å². The highest BCUT2D eigenvalue weighted by atomic mass is 79.9. The lowest BCUT2D eigenvalue weighted by Crippen LogP contribution is -2.23. The van der Waals surface area contributed by atoms with Gasteiger partial charge in [0.1, 0.15) is 11.3 Å². The van der Waals surface area contributed by atoms with Gasteiger partial charge in [-0.3, -0.25) is 9.78 Å². The molecule has 1 aromatic heterocycles. The van der Waals surface area contributed by atoms with Crippen molar-refractivity contribution in [3.05, 3.63) is 36.5 Å². The van der Waals surface area contributed by atoms with Crippen molar-refractivity contribution < 1.29 is 23.1 Å². The van der Waals surface area contributed by atoms with Crippen LogP contribution in [0.15, 0.2) is 36.5 Å². The number of hydrogen-bond acceptors (Lipinski definition) is 3. The molecule has 0 unspecified atom stereocenters. The molecule has 2 aromatic rings. The highest BCUT2D eigenvalue weighted by Gasteiger charge is 2.36. The number of carbonyl (C=O) groups is 1. The van der Waals surface area contributed by atoms with E-state index >= 15 is 0 Å². The van der Waals surface area contributed by atoms with E-state index in [0.29, 0.717) is 5.52 Å². The molecule has 7 heteroatoms. The molecule has 1 aromatic carbocycles. The summed E-state index contributed by atoms with van der Waals surface area (Å²) in [7, 11) is 0. The molecule has 0 aliphatic heterocycles. The lowest BCUT2D eigenvalue weighted by molar-refractivity contribution is -0.167. The topological polar surface area (TPSA) is 50.2 Å². The smallest absolute Gasteiger partial charge is 0.450 e. The average Bonchev–Trinajstić information content (AvgIpc) is 2.38. The summed E-state index contributed by atoms with van der Waals surface area (Å²) >= 11 is 2.38. The van der Waals surface area contributed by atoms with Gasteiger partial charge in [0.2, 0.25) is 5.78 Å². The van der Waals surface area contributed by atoms with Crippen molar-refractivity contribution in [1.29, 1.82) is 0 Å². The predicted molar refractivity (Wildman–Crippen MR) is 68.3 cm³/mol. The zero-order valence-corrected chi connectivity index (χ0v) is 11.1. The van der Waals surface area contributed by atoms with E-state index in [-0.39, 0.29) is 5.75 Å². The fourth-order valence-electron chi connectivity index (χ4n) is 1.16. The first kappa shape index (κ1) is 15.4. The van der Waals surface area contributed by atoms with Crippen LogP contribution in [0.2, 0.25) is 0 Å². The van der Waals surface area contributed by atoms with E-state index in [0.717, 1.165) is 5.39 Å². The first-order chi connectivity index (χ1) is 8.86. The highest BCUT2D eigenvalue weighted by molar-refractivity contribution is 9.09. The third-order valence-corrected chi connectivity index (χ3v) is 2.56. The van der Waals surface area contributed by atoms with Crippen molar-refractivity contribution in [1.82, 2.24) is 4.98 Å². The van der Waals surface area contributed by atoms with Gasteiger partial charge in [-0.05, 0) is 12.1 Å². The number of benzene rings is 1.